The van der Waals surface area contributed by atoms with Crippen LogP contribution < -0.4 is 21.9 Å². The first kappa shape index (κ1) is 35.8. The highest BCUT2D eigenvalue weighted by Crippen LogP contribution is 2.28. The molecule has 1 saturated heterocycles. The molecule has 1 aliphatic rings. The van der Waals surface area contributed by atoms with Gasteiger partial charge in [0.15, 0.2) is 12.3 Å². The van der Waals surface area contributed by atoms with E-state index in [0.29, 0.717) is 37.5 Å². The average Bonchev–Trinajstić information content (AvgIpc) is 3.64. The Hall–Kier alpha value is -3.63. The number of rotatable bonds is 20. The number of primary amides is 1. The zero-order valence-corrected chi connectivity index (χ0v) is 26.3. The second-order valence-corrected chi connectivity index (χ2v) is 11.6. The molecule has 14 nitrogen and oxygen atoms in total. The van der Waals surface area contributed by atoms with E-state index in [1.54, 1.807) is 6.20 Å². The lowest BCUT2D eigenvalue weighted by Crippen LogP contribution is -2.74. The number of aromatic nitrogens is 1. The summed E-state index contributed by atoms with van der Waals surface area (Å²) in [4.78, 5) is 79.9. The summed E-state index contributed by atoms with van der Waals surface area (Å²) < 4.78 is -0.639. The van der Waals surface area contributed by atoms with E-state index >= 15 is 0 Å². The Kier molecular flexibility index (Phi) is 13.7. The molecule has 3 amide bonds. The minimum atomic E-state index is -1.44. The summed E-state index contributed by atoms with van der Waals surface area (Å²) in [7, 11) is 0. The number of hydrazine groups is 1. The largest absolute Gasteiger partial charge is 0.481 e. The number of aliphatic carboxylic acids is 1. The molecule has 2 aromatic rings. The number of carboxylic acid groups (broad SMARTS) is 1. The fraction of sp³-hybridized carbons (Fsp3) is 0.533. The highest BCUT2D eigenvalue weighted by molar-refractivity contribution is 7.80. The smallest absolute Gasteiger partial charge is 0.352 e. The molecule has 0 aliphatic carbocycles. The van der Waals surface area contributed by atoms with Crippen LogP contribution in [0, 0.1) is 0 Å². The number of nitrogens with two attached hydrogens (primary N) is 1. The van der Waals surface area contributed by atoms with Gasteiger partial charge in [0, 0.05) is 42.1 Å². The molecule has 0 bridgehead atoms. The second-order valence-electron chi connectivity index (χ2n) is 11.2. The van der Waals surface area contributed by atoms with E-state index in [2.05, 4.69) is 33.8 Å². The number of H-pyrrole nitrogens is 1. The number of unbranched alkanes of at least 4 members (excludes halogenated alkanes) is 2. The molecular weight excluding hydrogens is 602 g/mol. The average molecular weight is 647 g/mol. The minimum absolute atomic E-state index is 0.00935. The van der Waals surface area contributed by atoms with Gasteiger partial charge in [0.1, 0.15) is 31.0 Å². The van der Waals surface area contributed by atoms with Crippen molar-refractivity contribution in [1.82, 2.24) is 26.2 Å². The molecule has 1 aromatic carbocycles. The maximum Gasteiger partial charge on any atom is 0.352 e. The predicted molar refractivity (Wildman–Crippen MR) is 169 cm³/mol. The number of amides is 3. The van der Waals surface area contributed by atoms with Crippen molar-refractivity contribution in [2.24, 2.45) is 5.73 Å². The highest BCUT2D eigenvalue weighted by atomic mass is 32.1. The Bertz CT molecular complexity index is 1350. The lowest BCUT2D eigenvalue weighted by molar-refractivity contribution is -0.903. The van der Waals surface area contributed by atoms with Gasteiger partial charge in [-0.2, -0.15) is 17.2 Å². The minimum Gasteiger partial charge on any atom is -0.481 e. The summed E-state index contributed by atoms with van der Waals surface area (Å²) in [6.45, 7) is 2.50. The maximum atomic E-state index is 14.7. The number of nitrogens with zero attached hydrogens (tertiary/aromatic N) is 2. The molecule has 0 saturated carbocycles. The van der Waals surface area contributed by atoms with Crippen molar-refractivity contribution in [3.05, 3.63) is 36.0 Å². The topological polar surface area (TPSA) is 204 Å². The van der Waals surface area contributed by atoms with E-state index in [1.165, 1.54) is 0 Å². The number of benzene rings is 1. The van der Waals surface area contributed by atoms with E-state index in [4.69, 9.17) is 5.73 Å². The number of quaternary nitrogens is 1. The molecule has 1 aliphatic heterocycles. The second kappa shape index (κ2) is 17.2. The number of aromatic amines is 1. The molecule has 246 valence electrons. The Morgan fingerprint density at radius 1 is 1.20 bits per heavy atom. The van der Waals surface area contributed by atoms with Crippen molar-refractivity contribution < 1.29 is 38.5 Å². The van der Waals surface area contributed by atoms with Crippen molar-refractivity contribution in [3.8, 4) is 0 Å². The van der Waals surface area contributed by atoms with E-state index in [9.17, 15) is 33.9 Å². The number of thiol groups is 1. The molecule has 45 heavy (non-hydrogen) atoms. The summed E-state index contributed by atoms with van der Waals surface area (Å²) in [5.74, 6) is -3.35. The molecule has 2 heterocycles. The lowest BCUT2D eigenvalue weighted by atomic mass is 10.0. The Balaban J connectivity index is 2.08. The number of para-hydroxylation sites is 1. The summed E-state index contributed by atoms with van der Waals surface area (Å²) >= 11 is 4.22. The van der Waals surface area contributed by atoms with Crippen LogP contribution in [0.2, 0.25) is 0 Å². The number of hydrogen-bond acceptors (Lipinski definition) is 10. The van der Waals surface area contributed by atoms with E-state index in [-0.39, 0.29) is 25.3 Å². The van der Waals surface area contributed by atoms with Gasteiger partial charge < -0.3 is 25.9 Å². The molecule has 7 N–H and O–H groups in total. The van der Waals surface area contributed by atoms with Crippen LogP contribution in [-0.4, -0.2) is 106 Å². The van der Waals surface area contributed by atoms with E-state index < -0.39 is 58.9 Å². The summed E-state index contributed by atoms with van der Waals surface area (Å²) in [6, 6.07) is 2.77. The number of carbonyl (C=O) groups is 6. The molecule has 1 fully saturated rings. The molecule has 1 unspecified atom stereocenters. The Morgan fingerprint density at radius 2 is 1.96 bits per heavy atom. The number of carboxylic acids is 1. The molecule has 5 atom stereocenters. The summed E-state index contributed by atoms with van der Waals surface area (Å²) in [6.07, 6.45) is 5.57. The third-order valence-electron chi connectivity index (χ3n) is 8.11. The van der Waals surface area contributed by atoms with Crippen LogP contribution in [-0.2, 0) is 35.2 Å². The molecule has 3 rings (SSSR count). The highest BCUT2D eigenvalue weighted by Gasteiger charge is 2.53. The number of hydrogen-bond donors (Lipinski definition) is 7. The first-order chi connectivity index (χ1) is 21.6. The van der Waals surface area contributed by atoms with Crippen LogP contribution in [0.3, 0.4) is 0 Å². The van der Waals surface area contributed by atoms with Crippen molar-refractivity contribution in [3.63, 3.8) is 0 Å². The lowest BCUT2D eigenvalue weighted by Gasteiger charge is -2.40. The number of nitrogens with one attached hydrogen (secondary N) is 4. The monoisotopic (exact) mass is 646 g/mol. The van der Waals surface area contributed by atoms with Crippen LogP contribution in [0.15, 0.2) is 30.5 Å². The normalized spacial score (nSPS) is 19.9. The molecule has 1 aromatic heterocycles. The third-order valence-corrected chi connectivity index (χ3v) is 8.47. The van der Waals surface area contributed by atoms with Gasteiger partial charge in [-0.3, -0.25) is 24.2 Å². The predicted octanol–water partition coefficient (Wildman–Crippen LogP) is 0.227. The molecule has 15 heteroatoms. The number of carbonyl (C=O) groups excluding carboxylic acids is 5. The number of aldehydes is 2. The van der Waals surface area contributed by atoms with E-state index in [0.717, 1.165) is 35.2 Å². The molecule has 0 spiro atoms. The van der Waals surface area contributed by atoms with Gasteiger partial charge >= 0.3 is 11.9 Å². The number of fused-ring (bicyclic) bond motifs is 1. The zero-order valence-electron chi connectivity index (χ0n) is 25.4. The van der Waals surface area contributed by atoms with Crippen LogP contribution in [0.5, 0.6) is 0 Å². The quantitative estimate of drug-likeness (QED) is 0.0343. The van der Waals surface area contributed by atoms with Crippen LogP contribution >= 0.6 is 12.6 Å². The van der Waals surface area contributed by atoms with Gasteiger partial charge in [0.2, 0.25) is 5.91 Å². The zero-order chi connectivity index (χ0) is 33.0. The first-order valence-electron chi connectivity index (χ1n) is 15.2. The first-order valence-corrected chi connectivity index (χ1v) is 15.8. The third kappa shape index (κ3) is 8.98. The van der Waals surface area contributed by atoms with Gasteiger partial charge in [-0.15, -0.1) is 5.43 Å². The van der Waals surface area contributed by atoms with Gasteiger partial charge in [0.25, 0.3) is 5.91 Å². The Morgan fingerprint density at radius 3 is 2.60 bits per heavy atom. The fourth-order valence-electron chi connectivity index (χ4n) is 5.74. The van der Waals surface area contributed by atoms with Crippen molar-refractivity contribution in [2.45, 2.75) is 76.0 Å². The van der Waals surface area contributed by atoms with Crippen LogP contribution in [0.4, 0.5) is 0 Å². The SMILES string of the molecule is CCCCCNCC(=O)N(N[C@@H](Cc1c[nH]c2ccccc12)C(=O)[N+]1(N[C@@H](CS)C(N)=O)CCC[C@H]1C=O)[C@H](C=O)CC(=O)O. The van der Waals surface area contributed by atoms with Crippen molar-refractivity contribution in [1.29, 1.82) is 0 Å². The van der Waals surface area contributed by atoms with Crippen LogP contribution in [0.25, 0.3) is 10.9 Å². The maximum absolute atomic E-state index is 14.7. The van der Waals surface area contributed by atoms with Gasteiger partial charge in [-0.05, 0) is 24.6 Å². The van der Waals surface area contributed by atoms with Gasteiger partial charge in [-0.25, -0.2) is 10.2 Å². The van der Waals surface area contributed by atoms with Gasteiger partial charge in [0.05, 0.1) is 13.0 Å². The fourth-order valence-corrected chi connectivity index (χ4v) is 6.01. The summed E-state index contributed by atoms with van der Waals surface area (Å²) in [5.41, 5.74) is 13.0. The standard InChI is InChI=1S/C30H43N7O7S/c1-2-3-6-11-32-16-27(40)36(21(17-38)14-28(41)42)34-25(13-20-15-33-24-10-5-4-9-23(20)24)30(44)37(12-7-8-22(37)18-39)35-26(19-45)29(31)43/h4-5,9-10,15,17-18,21-22,25-26,32-35H,2-3,6-8,11-14,16,19H2,1H3,(H3-,31,41,42,43,45)/p+1/t21-,22-,25-,26-,37?/m0/s1. The molecule has 0 radical (unpaired) electrons. The molecular formula is C30H44N7O7S+. The van der Waals surface area contributed by atoms with Crippen LogP contribution in [0.1, 0.15) is 51.0 Å². The summed E-state index contributed by atoms with van der Waals surface area (Å²) in [5, 5.41) is 14.3. The number of likely N-dealkylation sites (tertiary alicyclic amines) is 1. The van der Waals surface area contributed by atoms with Crippen molar-refractivity contribution >= 4 is 59.8 Å². The van der Waals surface area contributed by atoms with Gasteiger partial charge in [-0.1, -0.05) is 38.0 Å². The van der Waals surface area contributed by atoms with Crippen molar-refractivity contribution in [2.75, 3.05) is 25.4 Å². The van der Waals surface area contributed by atoms with E-state index in [1.807, 2.05) is 31.2 Å². The Labute approximate surface area is 267 Å².